The van der Waals surface area contributed by atoms with Crippen molar-refractivity contribution >= 4 is 33.2 Å². The molecule has 1 N–H and O–H groups in total. The minimum Gasteiger partial charge on any atom is -0.478 e. The van der Waals surface area contributed by atoms with Gasteiger partial charge in [0.25, 0.3) is 10.0 Å². The monoisotopic (exact) mass is 318 g/mol. The van der Waals surface area contributed by atoms with Crippen LogP contribution in [0.25, 0.3) is 0 Å². The highest BCUT2D eigenvalue weighted by atomic mass is 32.2. The minimum absolute atomic E-state index is 0.0196. The number of rotatable bonds is 3. The summed E-state index contributed by atoms with van der Waals surface area (Å²) < 4.78 is 26.0. The van der Waals surface area contributed by atoms with Gasteiger partial charge >= 0.3 is 5.97 Å². The Morgan fingerprint density at radius 2 is 1.85 bits per heavy atom. The van der Waals surface area contributed by atoms with E-state index in [1.165, 1.54) is 22.7 Å². The van der Waals surface area contributed by atoms with Crippen molar-refractivity contribution in [3.05, 3.63) is 17.0 Å². The third-order valence-corrected chi connectivity index (χ3v) is 6.41. The number of hydrogen-bond donors (Lipinski definition) is 1. The highest BCUT2D eigenvalue weighted by Gasteiger charge is 2.30. The molecule has 1 saturated heterocycles. The lowest BCUT2D eigenvalue weighted by Crippen LogP contribution is -2.49. The van der Waals surface area contributed by atoms with Crippen LogP contribution in [0, 0.1) is 0 Å². The molecular weight excluding hydrogens is 304 g/mol. The van der Waals surface area contributed by atoms with Gasteiger partial charge in [0.2, 0.25) is 5.91 Å². The maximum atomic E-state index is 12.3. The Bertz CT molecular complexity index is 629. The molecule has 0 aromatic carbocycles. The fraction of sp³-hybridized carbons (Fsp3) is 0.455. The summed E-state index contributed by atoms with van der Waals surface area (Å²) in [5, 5.41) is 10.1. The van der Waals surface area contributed by atoms with E-state index in [-0.39, 0.29) is 28.8 Å². The number of amides is 1. The predicted octanol–water partition coefficient (Wildman–Crippen LogP) is 0.299. The number of nitrogens with zero attached hydrogens (tertiary/aromatic N) is 2. The van der Waals surface area contributed by atoms with Crippen molar-refractivity contribution in [3.63, 3.8) is 0 Å². The number of aromatic carboxylic acids is 1. The summed E-state index contributed by atoms with van der Waals surface area (Å²) in [6.45, 7) is 2.60. The molecule has 1 aliphatic rings. The zero-order valence-electron chi connectivity index (χ0n) is 10.8. The molecule has 7 nitrogen and oxygen atoms in total. The molecule has 0 atom stereocenters. The average molecular weight is 318 g/mol. The van der Waals surface area contributed by atoms with Crippen LogP contribution in [0.4, 0.5) is 0 Å². The van der Waals surface area contributed by atoms with Crippen LogP contribution in [-0.4, -0.2) is 60.8 Å². The summed E-state index contributed by atoms with van der Waals surface area (Å²) in [5.74, 6) is -1.23. The summed E-state index contributed by atoms with van der Waals surface area (Å²) in [7, 11) is -3.67. The quantitative estimate of drug-likeness (QED) is 0.865. The van der Waals surface area contributed by atoms with Crippen LogP contribution in [0.15, 0.2) is 15.7 Å². The molecule has 2 rings (SSSR count). The van der Waals surface area contributed by atoms with Crippen molar-refractivity contribution in [2.75, 3.05) is 26.2 Å². The Kier molecular flexibility index (Phi) is 4.11. The van der Waals surface area contributed by atoms with Gasteiger partial charge < -0.3 is 10.0 Å². The summed E-state index contributed by atoms with van der Waals surface area (Å²) in [4.78, 5) is 23.6. The second kappa shape index (κ2) is 5.51. The van der Waals surface area contributed by atoms with E-state index in [1.54, 1.807) is 4.90 Å². The van der Waals surface area contributed by atoms with E-state index in [1.807, 2.05) is 0 Å². The van der Waals surface area contributed by atoms with Crippen LogP contribution in [0.2, 0.25) is 0 Å². The van der Waals surface area contributed by atoms with Gasteiger partial charge in [-0.05, 0) is 6.07 Å². The molecule has 1 aromatic rings. The lowest BCUT2D eigenvalue weighted by molar-refractivity contribution is -0.129. The highest BCUT2D eigenvalue weighted by molar-refractivity contribution is 7.91. The predicted molar refractivity (Wildman–Crippen MR) is 72.3 cm³/mol. The van der Waals surface area contributed by atoms with Crippen molar-refractivity contribution < 1.29 is 23.1 Å². The van der Waals surface area contributed by atoms with Crippen LogP contribution < -0.4 is 0 Å². The van der Waals surface area contributed by atoms with E-state index in [0.717, 1.165) is 11.3 Å². The largest absolute Gasteiger partial charge is 0.478 e. The van der Waals surface area contributed by atoms with Gasteiger partial charge in [0.05, 0.1) is 5.56 Å². The van der Waals surface area contributed by atoms with Crippen molar-refractivity contribution in [2.45, 2.75) is 11.1 Å². The Hall–Kier alpha value is -1.45. The molecule has 110 valence electrons. The van der Waals surface area contributed by atoms with Crippen LogP contribution in [-0.2, 0) is 14.8 Å². The minimum atomic E-state index is -3.67. The first-order chi connectivity index (χ1) is 9.32. The van der Waals surface area contributed by atoms with Gasteiger partial charge in [0, 0.05) is 38.5 Å². The first-order valence-electron chi connectivity index (χ1n) is 5.90. The molecule has 1 fully saturated rings. The Labute approximate surface area is 120 Å². The smallest absolute Gasteiger partial charge is 0.336 e. The van der Waals surface area contributed by atoms with Gasteiger partial charge in [-0.3, -0.25) is 4.79 Å². The molecule has 1 amide bonds. The number of thiophene rings is 1. The lowest BCUT2D eigenvalue weighted by atomic mass is 10.3. The molecule has 1 aromatic heterocycles. The summed E-state index contributed by atoms with van der Waals surface area (Å²) in [6.07, 6.45) is 0. The Morgan fingerprint density at radius 3 is 2.30 bits per heavy atom. The van der Waals surface area contributed by atoms with Gasteiger partial charge in [-0.2, -0.15) is 4.31 Å². The van der Waals surface area contributed by atoms with Crippen LogP contribution in [0.3, 0.4) is 0 Å². The van der Waals surface area contributed by atoms with E-state index in [0.29, 0.717) is 13.1 Å². The maximum absolute atomic E-state index is 12.3. The van der Waals surface area contributed by atoms with E-state index in [4.69, 9.17) is 5.11 Å². The molecular formula is C11H14N2O5S2. The number of sulfonamides is 1. The third kappa shape index (κ3) is 2.84. The SMILES string of the molecule is CC(=O)N1CCN(S(=O)(=O)c2cc(C(=O)O)cs2)CC1. The topological polar surface area (TPSA) is 95.0 Å². The number of carbonyl (C=O) groups excluding carboxylic acids is 1. The van der Waals surface area contributed by atoms with Crippen LogP contribution in [0.1, 0.15) is 17.3 Å². The number of piperazine rings is 1. The van der Waals surface area contributed by atoms with E-state index in [2.05, 4.69) is 0 Å². The molecule has 0 bridgehead atoms. The second-order valence-electron chi connectivity index (χ2n) is 4.37. The van der Waals surface area contributed by atoms with Crippen molar-refractivity contribution in [1.82, 2.24) is 9.21 Å². The fourth-order valence-corrected chi connectivity index (χ4v) is 4.66. The molecule has 0 saturated carbocycles. The first-order valence-corrected chi connectivity index (χ1v) is 8.22. The normalized spacial score (nSPS) is 17.1. The fourth-order valence-electron chi connectivity index (χ4n) is 1.93. The van der Waals surface area contributed by atoms with E-state index in [9.17, 15) is 18.0 Å². The molecule has 20 heavy (non-hydrogen) atoms. The van der Waals surface area contributed by atoms with Gasteiger partial charge in [-0.1, -0.05) is 0 Å². The zero-order chi connectivity index (χ0) is 14.9. The average Bonchev–Trinajstić information content (AvgIpc) is 2.89. The molecule has 0 radical (unpaired) electrons. The summed E-state index contributed by atoms with van der Waals surface area (Å²) >= 11 is 0.895. The second-order valence-corrected chi connectivity index (χ2v) is 7.45. The van der Waals surface area contributed by atoms with Gasteiger partial charge in [-0.25, -0.2) is 13.2 Å². The third-order valence-electron chi connectivity index (χ3n) is 3.10. The molecule has 0 unspecified atom stereocenters. The molecule has 2 heterocycles. The van der Waals surface area contributed by atoms with Gasteiger partial charge in [0.15, 0.2) is 0 Å². The number of hydrogen-bond acceptors (Lipinski definition) is 5. The van der Waals surface area contributed by atoms with Crippen molar-refractivity contribution in [1.29, 1.82) is 0 Å². The zero-order valence-corrected chi connectivity index (χ0v) is 12.4. The van der Waals surface area contributed by atoms with E-state index < -0.39 is 16.0 Å². The van der Waals surface area contributed by atoms with Gasteiger partial charge in [-0.15, -0.1) is 11.3 Å². The summed E-state index contributed by atoms with van der Waals surface area (Å²) in [5.41, 5.74) is -0.0315. The Balaban J connectivity index is 2.15. The summed E-state index contributed by atoms with van der Waals surface area (Å²) in [6, 6.07) is 1.17. The number of carbonyl (C=O) groups is 2. The van der Waals surface area contributed by atoms with Crippen molar-refractivity contribution in [2.24, 2.45) is 0 Å². The standard InChI is InChI=1S/C11H14N2O5S2/c1-8(14)12-2-4-13(5-3-12)20(17,18)10-6-9(7-19-10)11(15)16/h6-7H,2-5H2,1H3,(H,15,16). The number of carboxylic acids is 1. The molecule has 9 heteroatoms. The van der Waals surface area contributed by atoms with Crippen LogP contribution in [0.5, 0.6) is 0 Å². The lowest BCUT2D eigenvalue weighted by Gasteiger charge is -2.33. The maximum Gasteiger partial charge on any atom is 0.336 e. The molecule has 0 aliphatic carbocycles. The molecule has 0 spiro atoms. The van der Waals surface area contributed by atoms with Gasteiger partial charge in [0.1, 0.15) is 4.21 Å². The highest BCUT2D eigenvalue weighted by Crippen LogP contribution is 2.24. The Morgan fingerprint density at radius 1 is 1.25 bits per heavy atom. The molecule has 1 aliphatic heterocycles. The first kappa shape index (κ1) is 14.9. The van der Waals surface area contributed by atoms with E-state index >= 15 is 0 Å². The van der Waals surface area contributed by atoms with Crippen LogP contribution >= 0.6 is 11.3 Å². The van der Waals surface area contributed by atoms with Crippen molar-refractivity contribution in [3.8, 4) is 0 Å². The number of carboxylic acid groups (broad SMARTS) is 1.